The van der Waals surface area contributed by atoms with Crippen LogP contribution in [-0.2, 0) is 7.05 Å². The molecule has 5 nitrogen and oxygen atoms in total. The highest BCUT2D eigenvalue weighted by molar-refractivity contribution is 6.21. The van der Waals surface area contributed by atoms with Crippen LogP contribution in [0.3, 0.4) is 0 Å². The summed E-state index contributed by atoms with van der Waals surface area (Å²) in [6.07, 6.45) is 1.78. The highest BCUT2D eigenvalue weighted by atomic mass is 35.5. The molecule has 0 aliphatic heterocycles. The summed E-state index contributed by atoms with van der Waals surface area (Å²) in [5.41, 5.74) is 2.99. The average Bonchev–Trinajstić information content (AvgIpc) is 2.80. The van der Waals surface area contributed by atoms with Crippen LogP contribution in [0.4, 0.5) is 0 Å². The average molecular weight is 298 g/mol. The molecular formula is C14H20ClN3O2. The van der Waals surface area contributed by atoms with Gasteiger partial charge < -0.3 is 14.8 Å². The second-order valence-corrected chi connectivity index (χ2v) is 5.35. The van der Waals surface area contributed by atoms with Crippen LogP contribution in [-0.4, -0.2) is 57.5 Å². The lowest BCUT2D eigenvalue weighted by molar-refractivity contribution is 0.161. The van der Waals surface area contributed by atoms with E-state index in [4.69, 9.17) is 21.8 Å². The molecule has 0 bridgehead atoms. The van der Waals surface area contributed by atoms with Crippen LogP contribution in [0.15, 0.2) is 24.5 Å². The molecule has 6 heteroatoms. The van der Waals surface area contributed by atoms with Crippen molar-refractivity contribution < 1.29 is 10.2 Å². The molecule has 0 amide bonds. The zero-order valence-corrected chi connectivity index (χ0v) is 12.3. The Balaban J connectivity index is 2.11. The summed E-state index contributed by atoms with van der Waals surface area (Å²) in [4.78, 5) is 6.27. The summed E-state index contributed by atoms with van der Waals surface area (Å²) >= 11 is 6.44. The summed E-state index contributed by atoms with van der Waals surface area (Å²) in [6.45, 7) is 1.72. The molecule has 1 aromatic heterocycles. The van der Waals surface area contributed by atoms with Crippen molar-refractivity contribution in [2.24, 2.45) is 7.05 Å². The van der Waals surface area contributed by atoms with Gasteiger partial charge in [-0.25, -0.2) is 4.98 Å². The molecule has 0 aliphatic carbocycles. The van der Waals surface area contributed by atoms with Crippen LogP contribution in [0.5, 0.6) is 0 Å². The van der Waals surface area contributed by atoms with Crippen molar-refractivity contribution in [1.82, 2.24) is 14.5 Å². The van der Waals surface area contributed by atoms with Crippen LogP contribution in [0.2, 0.25) is 0 Å². The zero-order chi connectivity index (χ0) is 14.5. The third-order valence-electron chi connectivity index (χ3n) is 3.36. The van der Waals surface area contributed by atoms with Crippen LogP contribution in [0.25, 0.3) is 11.0 Å². The third-order valence-corrected chi connectivity index (χ3v) is 3.75. The van der Waals surface area contributed by atoms with Crippen molar-refractivity contribution >= 4 is 22.6 Å². The Labute approximate surface area is 123 Å². The first-order chi connectivity index (χ1) is 9.65. The lowest BCUT2D eigenvalue weighted by Gasteiger charge is -2.23. The van der Waals surface area contributed by atoms with Gasteiger partial charge in [-0.1, -0.05) is 6.07 Å². The maximum absolute atomic E-state index is 9.01. The highest BCUT2D eigenvalue weighted by Gasteiger charge is 2.14. The summed E-state index contributed by atoms with van der Waals surface area (Å²) in [5, 5.41) is 17.8. The van der Waals surface area contributed by atoms with Gasteiger partial charge in [-0.2, -0.15) is 0 Å². The largest absolute Gasteiger partial charge is 0.395 e. The molecular weight excluding hydrogens is 278 g/mol. The molecule has 2 aromatic rings. The molecule has 0 saturated heterocycles. The second kappa shape index (κ2) is 7.04. The number of benzene rings is 1. The van der Waals surface area contributed by atoms with Crippen molar-refractivity contribution in [2.75, 3.05) is 32.8 Å². The number of hydrogen-bond donors (Lipinski definition) is 2. The monoisotopic (exact) mass is 297 g/mol. The number of halogens is 1. The maximum atomic E-state index is 9.01. The Morgan fingerprint density at radius 2 is 2.00 bits per heavy atom. The minimum absolute atomic E-state index is 0.0584. The van der Waals surface area contributed by atoms with E-state index in [0.717, 1.165) is 16.6 Å². The van der Waals surface area contributed by atoms with Crippen LogP contribution >= 0.6 is 11.6 Å². The number of fused-ring (bicyclic) bond motifs is 1. The molecule has 1 aromatic carbocycles. The number of nitrogens with zero attached hydrogens (tertiary/aromatic N) is 3. The minimum atomic E-state index is -0.195. The number of hydrogen-bond acceptors (Lipinski definition) is 4. The van der Waals surface area contributed by atoms with E-state index in [2.05, 4.69) is 4.98 Å². The van der Waals surface area contributed by atoms with E-state index in [-0.39, 0.29) is 18.6 Å². The van der Waals surface area contributed by atoms with E-state index in [1.807, 2.05) is 34.7 Å². The van der Waals surface area contributed by atoms with Gasteiger partial charge in [-0.05, 0) is 17.7 Å². The maximum Gasteiger partial charge on any atom is 0.0955 e. The molecule has 0 spiro atoms. The summed E-state index contributed by atoms with van der Waals surface area (Å²) in [6, 6.07) is 6.00. The van der Waals surface area contributed by atoms with Crippen molar-refractivity contribution in [3.05, 3.63) is 30.1 Å². The molecule has 110 valence electrons. The van der Waals surface area contributed by atoms with Crippen LogP contribution < -0.4 is 0 Å². The lowest BCUT2D eigenvalue weighted by Crippen LogP contribution is -2.32. The van der Waals surface area contributed by atoms with Gasteiger partial charge in [0.25, 0.3) is 0 Å². The van der Waals surface area contributed by atoms with Crippen molar-refractivity contribution in [1.29, 1.82) is 0 Å². The minimum Gasteiger partial charge on any atom is -0.395 e. The molecule has 0 saturated carbocycles. The smallest absolute Gasteiger partial charge is 0.0955 e. The van der Waals surface area contributed by atoms with E-state index in [1.165, 1.54) is 0 Å². The van der Waals surface area contributed by atoms with Gasteiger partial charge in [0.1, 0.15) is 0 Å². The third kappa shape index (κ3) is 3.49. The lowest BCUT2D eigenvalue weighted by atomic mass is 10.1. The van der Waals surface area contributed by atoms with Crippen molar-refractivity contribution in [3.63, 3.8) is 0 Å². The van der Waals surface area contributed by atoms with Gasteiger partial charge in [0.15, 0.2) is 0 Å². The number of aliphatic hydroxyl groups is 2. The van der Waals surface area contributed by atoms with Gasteiger partial charge in [-0.15, -0.1) is 11.6 Å². The number of rotatable bonds is 7. The fourth-order valence-electron chi connectivity index (χ4n) is 2.26. The van der Waals surface area contributed by atoms with E-state index >= 15 is 0 Å². The van der Waals surface area contributed by atoms with Crippen molar-refractivity contribution in [2.45, 2.75) is 5.38 Å². The fourth-order valence-corrected chi connectivity index (χ4v) is 2.59. The number of aliphatic hydroxyl groups excluding tert-OH is 2. The molecule has 0 radical (unpaired) electrons. The molecule has 1 atom stereocenters. The molecule has 1 unspecified atom stereocenters. The summed E-state index contributed by atoms with van der Waals surface area (Å²) in [5.74, 6) is 0. The SMILES string of the molecule is Cn1cnc2cc(C(Cl)CN(CCO)CCO)ccc21. The zero-order valence-electron chi connectivity index (χ0n) is 11.5. The first-order valence-electron chi connectivity index (χ1n) is 6.65. The predicted molar refractivity (Wildman–Crippen MR) is 79.9 cm³/mol. The van der Waals surface area contributed by atoms with Crippen LogP contribution in [0.1, 0.15) is 10.9 Å². The Hall–Kier alpha value is -1.14. The Kier molecular flexibility index (Phi) is 5.37. The normalized spacial score (nSPS) is 13.2. The fraction of sp³-hybridized carbons (Fsp3) is 0.500. The summed E-state index contributed by atoms with van der Waals surface area (Å²) < 4.78 is 1.96. The van der Waals surface area contributed by atoms with Crippen molar-refractivity contribution in [3.8, 4) is 0 Å². The Bertz CT molecular complexity index is 552. The van der Waals surface area contributed by atoms with Gasteiger partial charge in [-0.3, -0.25) is 4.90 Å². The topological polar surface area (TPSA) is 61.5 Å². The molecule has 0 aliphatic rings. The number of aryl methyl sites for hydroxylation is 1. The summed E-state index contributed by atoms with van der Waals surface area (Å²) in [7, 11) is 1.96. The predicted octanol–water partition coefficient (Wildman–Crippen LogP) is 1.14. The Morgan fingerprint density at radius 1 is 1.30 bits per heavy atom. The highest BCUT2D eigenvalue weighted by Crippen LogP contribution is 2.24. The number of aromatic nitrogens is 2. The second-order valence-electron chi connectivity index (χ2n) is 4.82. The standard InChI is InChI=1S/C14H20ClN3O2/c1-17-10-16-13-8-11(2-3-14(13)17)12(15)9-18(4-6-19)5-7-20/h2-3,8,10,12,19-20H,4-7,9H2,1H3. The van der Waals surface area contributed by atoms with Gasteiger partial charge >= 0.3 is 0 Å². The molecule has 2 rings (SSSR count). The Morgan fingerprint density at radius 3 is 2.65 bits per heavy atom. The molecule has 1 heterocycles. The number of imidazole rings is 1. The van der Waals surface area contributed by atoms with Gasteiger partial charge in [0.2, 0.25) is 0 Å². The van der Waals surface area contributed by atoms with Gasteiger partial charge in [0.05, 0.1) is 36.0 Å². The first kappa shape index (κ1) is 15.3. The van der Waals surface area contributed by atoms with E-state index < -0.39 is 0 Å². The molecule has 0 fully saturated rings. The van der Waals surface area contributed by atoms with E-state index in [0.29, 0.717) is 19.6 Å². The number of alkyl halides is 1. The van der Waals surface area contributed by atoms with E-state index in [1.54, 1.807) is 6.33 Å². The van der Waals surface area contributed by atoms with Gasteiger partial charge in [0, 0.05) is 26.7 Å². The van der Waals surface area contributed by atoms with E-state index in [9.17, 15) is 0 Å². The van der Waals surface area contributed by atoms with Crippen LogP contribution in [0, 0.1) is 0 Å². The first-order valence-corrected chi connectivity index (χ1v) is 7.08. The molecule has 20 heavy (non-hydrogen) atoms. The molecule has 2 N–H and O–H groups in total. The quantitative estimate of drug-likeness (QED) is 0.753.